The number of unbranched alkanes of at least 4 members (excludes halogenated alkanes) is 2. The third-order valence-electron chi connectivity index (χ3n) is 3.96. The Morgan fingerprint density at radius 1 is 0.762 bits per heavy atom. The molecule has 0 saturated carbocycles. The summed E-state index contributed by atoms with van der Waals surface area (Å²) >= 11 is 0. The molecule has 2 atom stereocenters. The minimum Gasteiger partial charge on any atom is -0.381 e. The largest absolute Gasteiger partial charge is 0.381 e. The van der Waals surface area contributed by atoms with Crippen molar-refractivity contribution in [1.82, 2.24) is 0 Å². The van der Waals surface area contributed by atoms with E-state index in [0.29, 0.717) is 0 Å². The smallest absolute Gasteiger partial charge is 0.0494 e. The summed E-state index contributed by atoms with van der Waals surface area (Å²) in [4.78, 5) is 0. The molecule has 2 unspecified atom stereocenters. The fourth-order valence-corrected chi connectivity index (χ4v) is 2.20. The predicted molar refractivity (Wildman–Crippen MR) is 97.8 cm³/mol. The SMILES string of the molecule is C=CC=C.CCCCC(CC)COCC(CC)CCCC. The van der Waals surface area contributed by atoms with E-state index in [4.69, 9.17) is 4.74 Å². The van der Waals surface area contributed by atoms with E-state index in [9.17, 15) is 0 Å². The molecule has 1 heteroatoms. The van der Waals surface area contributed by atoms with Crippen LogP contribution in [0.5, 0.6) is 0 Å². The van der Waals surface area contributed by atoms with Gasteiger partial charge in [-0.15, -0.1) is 0 Å². The van der Waals surface area contributed by atoms with Gasteiger partial charge in [-0.1, -0.05) is 91.5 Å². The summed E-state index contributed by atoms with van der Waals surface area (Å²) < 4.78 is 5.93. The van der Waals surface area contributed by atoms with Gasteiger partial charge in [-0.25, -0.2) is 0 Å². The first kappa shape index (κ1) is 22.7. The van der Waals surface area contributed by atoms with Gasteiger partial charge < -0.3 is 4.74 Å². The van der Waals surface area contributed by atoms with Gasteiger partial charge in [-0.05, 0) is 24.7 Å². The van der Waals surface area contributed by atoms with E-state index in [0.717, 1.165) is 25.0 Å². The lowest BCUT2D eigenvalue weighted by Gasteiger charge is -2.18. The Labute approximate surface area is 134 Å². The summed E-state index contributed by atoms with van der Waals surface area (Å²) in [6.07, 6.45) is 13.8. The first-order valence-electron chi connectivity index (χ1n) is 9.01. The molecule has 0 aromatic heterocycles. The van der Waals surface area contributed by atoms with E-state index in [1.807, 2.05) is 0 Å². The van der Waals surface area contributed by atoms with Crippen LogP contribution in [0.2, 0.25) is 0 Å². The molecule has 0 aromatic carbocycles. The molecule has 0 N–H and O–H groups in total. The van der Waals surface area contributed by atoms with Gasteiger partial charge in [-0.2, -0.15) is 0 Å². The predicted octanol–water partition coefficient (Wildman–Crippen LogP) is 6.79. The minimum absolute atomic E-state index is 0.790. The molecule has 0 radical (unpaired) electrons. The van der Waals surface area contributed by atoms with E-state index in [1.54, 1.807) is 12.2 Å². The zero-order chi connectivity index (χ0) is 16.3. The standard InChI is InChI=1S/C16H34O.C4H6/c1-5-9-11-15(7-3)13-17-14-16(8-4)12-10-6-2;1-3-4-2/h15-16H,5-14H2,1-4H3;3-4H,1-2H2. The molecule has 0 aliphatic heterocycles. The van der Waals surface area contributed by atoms with Gasteiger partial charge in [-0.3, -0.25) is 0 Å². The zero-order valence-electron chi connectivity index (χ0n) is 15.2. The van der Waals surface area contributed by atoms with Crippen LogP contribution in [0.25, 0.3) is 0 Å². The first-order valence-corrected chi connectivity index (χ1v) is 9.01. The number of hydrogen-bond donors (Lipinski definition) is 0. The van der Waals surface area contributed by atoms with Crippen LogP contribution in [0, 0.1) is 11.8 Å². The average Bonchev–Trinajstić information content (AvgIpc) is 2.53. The molecule has 0 bridgehead atoms. The van der Waals surface area contributed by atoms with Gasteiger partial charge in [0.25, 0.3) is 0 Å². The molecule has 21 heavy (non-hydrogen) atoms. The van der Waals surface area contributed by atoms with Gasteiger partial charge in [0.2, 0.25) is 0 Å². The van der Waals surface area contributed by atoms with Gasteiger partial charge in [0.15, 0.2) is 0 Å². The van der Waals surface area contributed by atoms with E-state index >= 15 is 0 Å². The maximum atomic E-state index is 5.93. The molecule has 1 nitrogen and oxygen atoms in total. The van der Waals surface area contributed by atoms with Crippen molar-refractivity contribution < 1.29 is 4.74 Å². The van der Waals surface area contributed by atoms with Crippen LogP contribution in [-0.4, -0.2) is 13.2 Å². The van der Waals surface area contributed by atoms with Crippen LogP contribution in [-0.2, 0) is 4.74 Å². The average molecular weight is 297 g/mol. The van der Waals surface area contributed by atoms with Crippen LogP contribution in [0.1, 0.15) is 79.1 Å². The quantitative estimate of drug-likeness (QED) is 0.340. The molecule has 0 aliphatic carbocycles. The Hall–Kier alpha value is -0.560. The summed E-state index contributed by atoms with van der Waals surface area (Å²) in [6, 6.07) is 0. The first-order chi connectivity index (χ1) is 10.2. The van der Waals surface area contributed by atoms with E-state index < -0.39 is 0 Å². The van der Waals surface area contributed by atoms with Gasteiger partial charge in [0.1, 0.15) is 0 Å². The summed E-state index contributed by atoms with van der Waals surface area (Å²) in [5, 5.41) is 0. The second-order valence-electron chi connectivity index (χ2n) is 5.84. The summed E-state index contributed by atoms with van der Waals surface area (Å²) in [5.74, 6) is 1.58. The fraction of sp³-hybridized carbons (Fsp3) is 0.800. The van der Waals surface area contributed by atoms with Crippen molar-refractivity contribution in [3.8, 4) is 0 Å². The van der Waals surface area contributed by atoms with Crippen LogP contribution in [0.15, 0.2) is 25.3 Å². The highest BCUT2D eigenvalue weighted by Crippen LogP contribution is 2.16. The normalized spacial score (nSPS) is 13.0. The van der Waals surface area contributed by atoms with Gasteiger partial charge in [0.05, 0.1) is 0 Å². The van der Waals surface area contributed by atoms with Crippen molar-refractivity contribution in [2.75, 3.05) is 13.2 Å². The van der Waals surface area contributed by atoms with E-state index in [2.05, 4.69) is 40.9 Å². The maximum Gasteiger partial charge on any atom is 0.0494 e. The molecule has 0 rings (SSSR count). The highest BCUT2D eigenvalue weighted by Gasteiger charge is 2.09. The van der Waals surface area contributed by atoms with Crippen molar-refractivity contribution in [2.24, 2.45) is 11.8 Å². The van der Waals surface area contributed by atoms with Crippen LogP contribution < -0.4 is 0 Å². The Morgan fingerprint density at radius 3 is 1.38 bits per heavy atom. The lowest BCUT2D eigenvalue weighted by atomic mass is 9.99. The molecule has 0 amide bonds. The van der Waals surface area contributed by atoms with Crippen molar-refractivity contribution in [1.29, 1.82) is 0 Å². The second kappa shape index (κ2) is 19.4. The van der Waals surface area contributed by atoms with Crippen LogP contribution >= 0.6 is 0 Å². The van der Waals surface area contributed by atoms with E-state index in [-0.39, 0.29) is 0 Å². The Kier molecular flexibility index (Phi) is 21.0. The highest BCUT2D eigenvalue weighted by atomic mass is 16.5. The fourth-order valence-electron chi connectivity index (χ4n) is 2.20. The van der Waals surface area contributed by atoms with Crippen LogP contribution in [0.4, 0.5) is 0 Å². The summed E-state index contributed by atoms with van der Waals surface area (Å²) in [6.45, 7) is 17.8. The van der Waals surface area contributed by atoms with Gasteiger partial charge in [0, 0.05) is 13.2 Å². The van der Waals surface area contributed by atoms with Crippen molar-refractivity contribution in [3.63, 3.8) is 0 Å². The Bertz CT molecular complexity index is 188. The number of allylic oxidation sites excluding steroid dienone is 2. The van der Waals surface area contributed by atoms with Crippen molar-refractivity contribution in [3.05, 3.63) is 25.3 Å². The third-order valence-corrected chi connectivity index (χ3v) is 3.96. The lowest BCUT2D eigenvalue weighted by molar-refractivity contribution is 0.0630. The van der Waals surface area contributed by atoms with Crippen LogP contribution in [0.3, 0.4) is 0 Å². The molecule has 0 aliphatic rings. The van der Waals surface area contributed by atoms with Crippen molar-refractivity contribution >= 4 is 0 Å². The molecule has 126 valence electrons. The molecule has 0 saturated heterocycles. The molecule has 0 aromatic rings. The van der Waals surface area contributed by atoms with Crippen molar-refractivity contribution in [2.45, 2.75) is 79.1 Å². The van der Waals surface area contributed by atoms with E-state index in [1.165, 1.54) is 51.4 Å². The molecular formula is C20H40O. The monoisotopic (exact) mass is 296 g/mol. The number of hydrogen-bond acceptors (Lipinski definition) is 1. The molecule has 0 fully saturated rings. The highest BCUT2D eigenvalue weighted by molar-refractivity contribution is 4.88. The second-order valence-corrected chi connectivity index (χ2v) is 5.84. The number of ether oxygens (including phenoxy) is 1. The molecular weight excluding hydrogens is 256 g/mol. The Balaban J connectivity index is 0. The topological polar surface area (TPSA) is 9.23 Å². The molecule has 0 heterocycles. The minimum atomic E-state index is 0.790. The number of rotatable bonds is 13. The third kappa shape index (κ3) is 17.4. The summed E-state index contributed by atoms with van der Waals surface area (Å²) in [7, 11) is 0. The van der Waals surface area contributed by atoms with Gasteiger partial charge >= 0.3 is 0 Å². The molecule has 0 spiro atoms. The lowest BCUT2D eigenvalue weighted by Crippen LogP contribution is -2.14. The Morgan fingerprint density at radius 2 is 1.14 bits per heavy atom. The zero-order valence-corrected chi connectivity index (χ0v) is 15.2. The maximum absolute atomic E-state index is 5.93. The summed E-state index contributed by atoms with van der Waals surface area (Å²) in [5.41, 5.74) is 0.